The van der Waals surface area contributed by atoms with Crippen molar-refractivity contribution in [1.82, 2.24) is 15.1 Å². The Morgan fingerprint density at radius 1 is 1.37 bits per heavy atom. The smallest absolute Gasteiger partial charge is 0.328 e. The third-order valence-corrected chi connectivity index (χ3v) is 2.82. The quantitative estimate of drug-likeness (QED) is 0.695. The average molecular weight is 269 g/mol. The first-order chi connectivity index (χ1) is 8.90. The molecule has 2 N–H and O–H groups in total. The van der Waals surface area contributed by atoms with Gasteiger partial charge in [-0.25, -0.2) is 9.59 Å². The first-order valence-corrected chi connectivity index (χ1v) is 6.07. The van der Waals surface area contributed by atoms with Gasteiger partial charge in [0.1, 0.15) is 0 Å². The molecule has 0 aromatic heterocycles. The highest BCUT2D eigenvalue weighted by molar-refractivity contribution is 6.02. The number of rotatable bonds is 4. The van der Waals surface area contributed by atoms with Crippen LogP contribution in [-0.4, -0.2) is 66.0 Å². The van der Waals surface area contributed by atoms with Crippen molar-refractivity contribution in [2.45, 2.75) is 18.9 Å². The number of nitrogens with one attached hydrogen (secondary N) is 1. The average Bonchev–Trinajstić information content (AvgIpc) is 2.73. The number of hydrogen-bond acceptors (Lipinski definition) is 4. The molecule has 7 heteroatoms. The van der Waals surface area contributed by atoms with Gasteiger partial charge in [-0.15, -0.1) is 0 Å². The molecule has 0 bridgehead atoms. The highest BCUT2D eigenvalue weighted by atomic mass is 16.4. The zero-order valence-corrected chi connectivity index (χ0v) is 11.1. The minimum absolute atomic E-state index is 0.0891. The predicted octanol–water partition coefficient (Wildman–Crippen LogP) is -0.111. The molecule has 1 heterocycles. The Bertz CT molecular complexity index is 392. The summed E-state index contributed by atoms with van der Waals surface area (Å²) in [6, 6.07) is -0.379. The highest BCUT2D eigenvalue weighted by Crippen LogP contribution is 2.17. The topological polar surface area (TPSA) is 90.0 Å². The molecule has 0 aromatic rings. The second-order valence-electron chi connectivity index (χ2n) is 4.72. The number of likely N-dealkylation sites (N-methyl/N-ethyl adjacent to an activating group) is 1. The van der Waals surface area contributed by atoms with Crippen LogP contribution in [0, 0.1) is 0 Å². The van der Waals surface area contributed by atoms with E-state index in [2.05, 4.69) is 5.32 Å². The lowest BCUT2D eigenvalue weighted by molar-refractivity contribution is -0.131. The number of carbonyl (C=O) groups is 3. The van der Waals surface area contributed by atoms with Crippen molar-refractivity contribution >= 4 is 17.9 Å². The number of carbonyl (C=O) groups excluding carboxylic acids is 2. The molecule has 0 spiro atoms. The molecular weight excluding hydrogens is 250 g/mol. The van der Waals surface area contributed by atoms with Crippen LogP contribution in [0.15, 0.2) is 12.2 Å². The third-order valence-electron chi connectivity index (χ3n) is 2.82. The van der Waals surface area contributed by atoms with Crippen LogP contribution in [0.3, 0.4) is 0 Å². The van der Waals surface area contributed by atoms with Gasteiger partial charge >= 0.3 is 12.0 Å². The van der Waals surface area contributed by atoms with Gasteiger partial charge in [-0.1, -0.05) is 0 Å². The molecule has 1 atom stereocenters. The van der Waals surface area contributed by atoms with Crippen molar-refractivity contribution in [1.29, 1.82) is 0 Å². The van der Waals surface area contributed by atoms with E-state index in [0.717, 1.165) is 25.5 Å². The van der Waals surface area contributed by atoms with Gasteiger partial charge in [0.05, 0.1) is 0 Å². The molecule has 0 aromatic carbocycles. The van der Waals surface area contributed by atoms with E-state index in [1.54, 1.807) is 4.90 Å². The molecule has 1 fully saturated rings. The fraction of sp³-hybridized carbons (Fsp3) is 0.583. The SMILES string of the molecule is CN(C)CC1CCCN1C(=O)NC(=O)C=CC(=O)O. The summed E-state index contributed by atoms with van der Waals surface area (Å²) in [6.45, 7) is 1.35. The largest absolute Gasteiger partial charge is 0.478 e. The molecule has 0 saturated carbocycles. The number of nitrogens with zero attached hydrogens (tertiary/aromatic N) is 2. The number of imide groups is 1. The van der Waals surface area contributed by atoms with Gasteiger partial charge in [-0.3, -0.25) is 10.1 Å². The molecule has 1 aliphatic rings. The second kappa shape index (κ2) is 6.89. The van der Waals surface area contributed by atoms with Crippen molar-refractivity contribution < 1.29 is 19.5 Å². The maximum atomic E-state index is 11.9. The molecule has 1 aliphatic heterocycles. The number of aliphatic carboxylic acids is 1. The van der Waals surface area contributed by atoms with Gasteiger partial charge in [-0.05, 0) is 26.9 Å². The Morgan fingerprint density at radius 2 is 2.05 bits per heavy atom. The van der Waals surface area contributed by atoms with Gasteiger partial charge in [0.15, 0.2) is 0 Å². The van der Waals surface area contributed by atoms with Crippen LogP contribution < -0.4 is 5.32 Å². The van der Waals surface area contributed by atoms with E-state index in [0.29, 0.717) is 12.6 Å². The monoisotopic (exact) mass is 269 g/mol. The Balaban J connectivity index is 2.52. The number of amides is 3. The first-order valence-electron chi connectivity index (χ1n) is 6.07. The maximum Gasteiger partial charge on any atom is 0.328 e. The Morgan fingerprint density at radius 3 is 2.63 bits per heavy atom. The van der Waals surface area contributed by atoms with Gasteiger partial charge < -0.3 is 14.9 Å². The van der Waals surface area contributed by atoms with E-state index in [-0.39, 0.29) is 6.04 Å². The van der Waals surface area contributed by atoms with E-state index >= 15 is 0 Å². The van der Waals surface area contributed by atoms with Crippen molar-refractivity contribution in [2.24, 2.45) is 0 Å². The summed E-state index contributed by atoms with van der Waals surface area (Å²) in [6.07, 6.45) is 3.34. The highest BCUT2D eigenvalue weighted by Gasteiger charge is 2.29. The number of urea groups is 1. The van der Waals surface area contributed by atoms with Crippen LogP contribution in [0.2, 0.25) is 0 Å². The minimum Gasteiger partial charge on any atom is -0.478 e. The van der Waals surface area contributed by atoms with Crippen LogP contribution in [0.1, 0.15) is 12.8 Å². The second-order valence-corrected chi connectivity index (χ2v) is 4.72. The van der Waals surface area contributed by atoms with E-state index < -0.39 is 17.9 Å². The molecule has 7 nitrogen and oxygen atoms in total. The van der Waals surface area contributed by atoms with Crippen molar-refractivity contribution in [3.63, 3.8) is 0 Å². The van der Waals surface area contributed by atoms with E-state index in [4.69, 9.17) is 5.11 Å². The zero-order chi connectivity index (χ0) is 14.4. The molecule has 1 rings (SSSR count). The third kappa shape index (κ3) is 5.09. The lowest BCUT2D eigenvalue weighted by Crippen LogP contribution is -2.47. The van der Waals surface area contributed by atoms with Crippen molar-refractivity contribution in [2.75, 3.05) is 27.2 Å². The standard InChI is InChI=1S/C12H19N3O4/c1-14(2)8-9-4-3-7-15(9)12(19)13-10(16)5-6-11(17)18/h5-6,9H,3-4,7-8H2,1-2H3,(H,17,18)(H,13,16,19). The van der Waals surface area contributed by atoms with Crippen LogP contribution >= 0.6 is 0 Å². The zero-order valence-electron chi connectivity index (χ0n) is 11.1. The Kier molecular flexibility index (Phi) is 5.50. The molecule has 1 saturated heterocycles. The van der Waals surface area contributed by atoms with Crippen LogP contribution in [-0.2, 0) is 9.59 Å². The summed E-state index contributed by atoms with van der Waals surface area (Å²) in [5, 5.41) is 10.5. The van der Waals surface area contributed by atoms with E-state index in [1.807, 2.05) is 19.0 Å². The Hall–Kier alpha value is -1.89. The molecule has 0 radical (unpaired) electrons. The maximum absolute atomic E-state index is 11.9. The van der Waals surface area contributed by atoms with Crippen molar-refractivity contribution in [3.8, 4) is 0 Å². The van der Waals surface area contributed by atoms with Gasteiger partial charge in [-0.2, -0.15) is 0 Å². The molecule has 3 amide bonds. The summed E-state index contributed by atoms with van der Waals surface area (Å²) >= 11 is 0. The number of carboxylic acid groups (broad SMARTS) is 1. The van der Waals surface area contributed by atoms with Crippen molar-refractivity contribution in [3.05, 3.63) is 12.2 Å². The van der Waals surface area contributed by atoms with Crippen LogP contribution in [0.5, 0.6) is 0 Å². The van der Waals surface area contributed by atoms with Gasteiger partial charge in [0.2, 0.25) is 0 Å². The minimum atomic E-state index is -1.23. The lowest BCUT2D eigenvalue weighted by atomic mass is 10.2. The van der Waals surface area contributed by atoms with E-state index in [9.17, 15) is 14.4 Å². The molecule has 106 valence electrons. The predicted molar refractivity (Wildman–Crippen MR) is 68.6 cm³/mol. The molecular formula is C12H19N3O4. The molecule has 1 unspecified atom stereocenters. The number of carboxylic acids is 1. The summed E-state index contributed by atoms with van der Waals surface area (Å²) in [5.41, 5.74) is 0. The summed E-state index contributed by atoms with van der Waals surface area (Å²) in [4.78, 5) is 37.1. The summed E-state index contributed by atoms with van der Waals surface area (Å²) < 4.78 is 0. The van der Waals surface area contributed by atoms with Crippen LogP contribution in [0.4, 0.5) is 4.79 Å². The summed E-state index contributed by atoms with van der Waals surface area (Å²) in [5.74, 6) is -1.95. The van der Waals surface area contributed by atoms with Crippen LogP contribution in [0.25, 0.3) is 0 Å². The Labute approximate surface area is 111 Å². The van der Waals surface area contributed by atoms with Gasteiger partial charge in [0, 0.05) is 31.3 Å². The number of hydrogen-bond donors (Lipinski definition) is 2. The first kappa shape index (κ1) is 15.2. The normalized spacial score (nSPS) is 19.1. The molecule has 0 aliphatic carbocycles. The lowest BCUT2D eigenvalue weighted by Gasteiger charge is -2.26. The van der Waals surface area contributed by atoms with Gasteiger partial charge in [0.25, 0.3) is 5.91 Å². The van der Waals surface area contributed by atoms with E-state index in [1.165, 1.54) is 0 Å². The number of likely N-dealkylation sites (tertiary alicyclic amines) is 1. The fourth-order valence-electron chi connectivity index (χ4n) is 2.08. The molecule has 19 heavy (non-hydrogen) atoms. The fourth-order valence-corrected chi connectivity index (χ4v) is 2.08. The summed E-state index contributed by atoms with van der Waals surface area (Å²) in [7, 11) is 3.85.